The fourth-order valence-electron chi connectivity index (χ4n) is 3.73. The normalized spacial score (nSPS) is 10.5. The van der Waals surface area contributed by atoms with Crippen LogP contribution in [-0.2, 0) is 9.53 Å². The Kier molecular flexibility index (Phi) is 6.69. The molecule has 0 aliphatic rings. The van der Waals surface area contributed by atoms with Crippen LogP contribution in [0.15, 0.2) is 72.9 Å². The molecule has 35 heavy (non-hydrogen) atoms. The van der Waals surface area contributed by atoms with Crippen LogP contribution in [0.2, 0.25) is 0 Å². The van der Waals surface area contributed by atoms with Gasteiger partial charge < -0.3 is 13.9 Å². The summed E-state index contributed by atoms with van der Waals surface area (Å²) in [6, 6.07) is 18.5. The highest BCUT2D eigenvalue weighted by Gasteiger charge is 2.25. The second kappa shape index (κ2) is 10.0. The summed E-state index contributed by atoms with van der Waals surface area (Å²) < 4.78 is 25.3. The van der Waals surface area contributed by atoms with E-state index in [-0.39, 0.29) is 22.6 Å². The van der Waals surface area contributed by atoms with Crippen molar-refractivity contribution in [2.45, 2.75) is 6.92 Å². The summed E-state index contributed by atoms with van der Waals surface area (Å²) in [5.41, 5.74) is 2.19. The Hall–Kier alpha value is -4.77. The number of carbonyl (C=O) groups is 3. The molecule has 8 heteroatoms. The Balaban J connectivity index is 1.50. The standard InChI is InChI=1S/C27H19FN2O5/c1-17-25(23(31)15-35-24(32)16-34-21-11-5-18(14-29)6-12-21)22-4-2-3-13-30(22)26(17)27(33)19-7-9-20(28)10-8-19/h2-13H,15-16H2,1H3. The number of hydrogen-bond donors (Lipinski definition) is 0. The van der Waals surface area contributed by atoms with E-state index in [2.05, 4.69) is 0 Å². The molecule has 0 saturated carbocycles. The summed E-state index contributed by atoms with van der Waals surface area (Å²) in [4.78, 5) is 38.3. The number of halogens is 1. The van der Waals surface area contributed by atoms with Crippen molar-refractivity contribution in [1.29, 1.82) is 5.26 Å². The van der Waals surface area contributed by atoms with Gasteiger partial charge in [-0.05, 0) is 73.2 Å². The Morgan fingerprint density at radius 2 is 1.69 bits per heavy atom. The van der Waals surface area contributed by atoms with Crippen LogP contribution in [0.3, 0.4) is 0 Å². The molecule has 4 aromatic rings. The lowest BCUT2D eigenvalue weighted by Gasteiger charge is -2.07. The predicted octanol–water partition coefficient (Wildman–Crippen LogP) is 4.29. The molecule has 4 rings (SSSR count). The van der Waals surface area contributed by atoms with Gasteiger partial charge in [0.15, 0.2) is 13.2 Å². The van der Waals surface area contributed by atoms with Gasteiger partial charge in [-0.1, -0.05) is 6.07 Å². The first-order valence-electron chi connectivity index (χ1n) is 10.6. The number of esters is 1. The molecule has 0 saturated heterocycles. The van der Waals surface area contributed by atoms with E-state index in [0.717, 1.165) is 0 Å². The van der Waals surface area contributed by atoms with Crippen LogP contribution in [0.1, 0.15) is 37.5 Å². The van der Waals surface area contributed by atoms with Crippen molar-refractivity contribution in [3.8, 4) is 11.8 Å². The van der Waals surface area contributed by atoms with Crippen molar-refractivity contribution < 1.29 is 28.2 Å². The minimum atomic E-state index is -0.744. The number of aromatic nitrogens is 1. The van der Waals surface area contributed by atoms with E-state index in [0.29, 0.717) is 22.4 Å². The molecule has 0 N–H and O–H groups in total. The number of pyridine rings is 1. The number of ether oxygens (including phenoxy) is 2. The van der Waals surface area contributed by atoms with E-state index in [1.807, 2.05) is 6.07 Å². The van der Waals surface area contributed by atoms with Crippen LogP contribution >= 0.6 is 0 Å². The van der Waals surface area contributed by atoms with Gasteiger partial charge >= 0.3 is 5.97 Å². The van der Waals surface area contributed by atoms with Gasteiger partial charge in [0.1, 0.15) is 11.6 Å². The smallest absolute Gasteiger partial charge is 0.344 e. The third-order valence-electron chi connectivity index (χ3n) is 5.39. The van der Waals surface area contributed by atoms with Crippen LogP contribution in [-0.4, -0.2) is 35.2 Å². The Morgan fingerprint density at radius 3 is 2.37 bits per heavy atom. The van der Waals surface area contributed by atoms with E-state index in [9.17, 15) is 18.8 Å². The molecular formula is C27H19FN2O5. The molecule has 0 fully saturated rings. The summed E-state index contributed by atoms with van der Waals surface area (Å²) in [5.74, 6) is -1.66. The number of Topliss-reactive ketones (excluding diaryl/α,β-unsaturated/α-hetero) is 1. The molecule has 0 unspecified atom stereocenters. The van der Waals surface area contributed by atoms with Crippen molar-refractivity contribution in [1.82, 2.24) is 4.40 Å². The number of hydrogen-bond acceptors (Lipinski definition) is 6. The zero-order chi connectivity index (χ0) is 24.9. The molecule has 2 aromatic heterocycles. The van der Waals surface area contributed by atoms with Gasteiger partial charge in [-0.3, -0.25) is 9.59 Å². The van der Waals surface area contributed by atoms with Crippen molar-refractivity contribution >= 4 is 23.1 Å². The number of nitriles is 1. The molecule has 174 valence electrons. The van der Waals surface area contributed by atoms with E-state index < -0.39 is 30.8 Å². The summed E-state index contributed by atoms with van der Waals surface area (Å²) in [5, 5.41) is 8.82. The topological polar surface area (TPSA) is 97.9 Å². The average molecular weight is 470 g/mol. The largest absolute Gasteiger partial charge is 0.482 e. The number of ketones is 2. The maximum atomic E-state index is 13.3. The van der Waals surface area contributed by atoms with Gasteiger partial charge in [0, 0.05) is 11.8 Å². The van der Waals surface area contributed by atoms with Crippen LogP contribution in [0.25, 0.3) is 5.52 Å². The van der Waals surface area contributed by atoms with Gasteiger partial charge in [-0.25, -0.2) is 9.18 Å². The molecule has 0 amide bonds. The lowest BCUT2D eigenvalue weighted by atomic mass is 10.0. The maximum absolute atomic E-state index is 13.3. The number of rotatable bonds is 8. The minimum Gasteiger partial charge on any atom is -0.482 e. The first kappa shape index (κ1) is 23.4. The molecule has 2 aromatic carbocycles. The Labute approximate surface area is 199 Å². The highest BCUT2D eigenvalue weighted by molar-refractivity contribution is 6.14. The molecule has 0 atom stereocenters. The molecule has 0 spiro atoms. The summed E-state index contributed by atoms with van der Waals surface area (Å²) in [6.07, 6.45) is 1.66. The number of benzene rings is 2. The van der Waals surface area contributed by atoms with Gasteiger partial charge in [0.25, 0.3) is 0 Å². The fraction of sp³-hybridized carbons (Fsp3) is 0.111. The van der Waals surface area contributed by atoms with Crippen molar-refractivity contribution in [2.75, 3.05) is 13.2 Å². The highest BCUT2D eigenvalue weighted by atomic mass is 19.1. The molecule has 0 bridgehead atoms. The maximum Gasteiger partial charge on any atom is 0.344 e. The number of carbonyl (C=O) groups excluding carboxylic acids is 3. The zero-order valence-electron chi connectivity index (χ0n) is 18.7. The summed E-state index contributed by atoms with van der Waals surface area (Å²) >= 11 is 0. The predicted molar refractivity (Wildman–Crippen MR) is 124 cm³/mol. The average Bonchev–Trinajstić information content (AvgIpc) is 3.18. The van der Waals surface area contributed by atoms with Crippen molar-refractivity contribution in [2.24, 2.45) is 0 Å². The third-order valence-corrected chi connectivity index (χ3v) is 5.39. The van der Waals surface area contributed by atoms with Crippen molar-refractivity contribution in [3.63, 3.8) is 0 Å². The molecule has 2 heterocycles. The Morgan fingerprint density at radius 1 is 0.971 bits per heavy atom. The van der Waals surface area contributed by atoms with Crippen LogP contribution in [0.5, 0.6) is 5.75 Å². The first-order chi connectivity index (χ1) is 16.9. The van der Waals surface area contributed by atoms with E-state index in [1.165, 1.54) is 24.3 Å². The van der Waals surface area contributed by atoms with Crippen LogP contribution in [0, 0.1) is 24.1 Å². The zero-order valence-corrected chi connectivity index (χ0v) is 18.7. The lowest BCUT2D eigenvalue weighted by Crippen LogP contribution is -2.20. The molecule has 0 radical (unpaired) electrons. The quantitative estimate of drug-likeness (QED) is 0.281. The molecular weight excluding hydrogens is 451 g/mol. The van der Waals surface area contributed by atoms with Gasteiger partial charge in [-0.2, -0.15) is 5.26 Å². The molecule has 0 aliphatic carbocycles. The SMILES string of the molecule is Cc1c(C(=O)COC(=O)COc2ccc(C#N)cc2)c2ccccn2c1C(=O)c1ccc(F)cc1. The van der Waals surface area contributed by atoms with Crippen LogP contribution < -0.4 is 4.74 Å². The van der Waals surface area contributed by atoms with Gasteiger partial charge in [0.2, 0.25) is 11.6 Å². The Bertz CT molecular complexity index is 1460. The first-order valence-corrected chi connectivity index (χ1v) is 10.6. The third kappa shape index (κ3) is 4.94. The van der Waals surface area contributed by atoms with E-state index in [1.54, 1.807) is 60.0 Å². The second-order valence-corrected chi connectivity index (χ2v) is 7.65. The monoisotopic (exact) mass is 470 g/mol. The lowest BCUT2D eigenvalue weighted by molar-refractivity contribution is -0.144. The van der Waals surface area contributed by atoms with E-state index in [4.69, 9.17) is 14.7 Å². The minimum absolute atomic E-state index is 0.261. The number of nitrogens with zero attached hydrogens (tertiary/aromatic N) is 2. The van der Waals surface area contributed by atoms with E-state index >= 15 is 0 Å². The second-order valence-electron chi connectivity index (χ2n) is 7.65. The summed E-state index contributed by atoms with van der Waals surface area (Å²) in [6.45, 7) is 0.699. The molecule has 0 aliphatic heterocycles. The van der Waals surface area contributed by atoms with Gasteiger partial charge in [-0.15, -0.1) is 0 Å². The fourth-order valence-corrected chi connectivity index (χ4v) is 3.73. The molecule has 7 nitrogen and oxygen atoms in total. The number of fused-ring (bicyclic) bond motifs is 1. The summed E-state index contributed by atoms with van der Waals surface area (Å²) in [7, 11) is 0. The van der Waals surface area contributed by atoms with Crippen LogP contribution in [0.4, 0.5) is 4.39 Å². The highest BCUT2D eigenvalue weighted by Crippen LogP contribution is 2.26. The van der Waals surface area contributed by atoms with Crippen molar-refractivity contribution in [3.05, 3.63) is 107 Å². The van der Waals surface area contributed by atoms with Gasteiger partial charge in [0.05, 0.1) is 28.4 Å².